The van der Waals surface area contributed by atoms with Crippen molar-refractivity contribution in [2.75, 3.05) is 13.1 Å². The Morgan fingerprint density at radius 1 is 1.36 bits per heavy atom. The van der Waals surface area contributed by atoms with Crippen LogP contribution in [0.15, 0.2) is 41.7 Å². The van der Waals surface area contributed by atoms with Crippen LogP contribution in [0.25, 0.3) is 0 Å². The van der Waals surface area contributed by atoms with E-state index in [9.17, 15) is 9.59 Å². The van der Waals surface area contributed by atoms with Crippen molar-refractivity contribution >= 4 is 5.91 Å². The maximum atomic E-state index is 12.4. The van der Waals surface area contributed by atoms with Gasteiger partial charge in [0, 0.05) is 31.1 Å². The molecule has 114 valence electrons. The van der Waals surface area contributed by atoms with Crippen molar-refractivity contribution in [3.63, 3.8) is 0 Å². The maximum Gasteiger partial charge on any atom is 0.255 e. The van der Waals surface area contributed by atoms with Gasteiger partial charge in [0.05, 0.1) is 12.1 Å². The van der Waals surface area contributed by atoms with Gasteiger partial charge in [-0.3, -0.25) is 9.59 Å². The molecule has 0 saturated carbocycles. The minimum absolute atomic E-state index is 0.0876. The number of likely N-dealkylation sites (tertiary alicyclic amines) is 1. The summed E-state index contributed by atoms with van der Waals surface area (Å²) in [5.41, 5.74) is 0.252. The minimum Gasteiger partial charge on any atom is -0.472 e. The van der Waals surface area contributed by atoms with Crippen molar-refractivity contribution in [1.82, 2.24) is 19.9 Å². The van der Waals surface area contributed by atoms with Crippen LogP contribution in [0.4, 0.5) is 0 Å². The molecule has 2 aromatic rings. The highest BCUT2D eigenvalue weighted by Gasteiger charge is 2.26. The fourth-order valence-corrected chi connectivity index (χ4v) is 2.46. The average molecular weight is 300 g/mol. The van der Waals surface area contributed by atoms with Gasteiger partial charge in [0.1, 0.15) is 12.4 Å². The van der Waals surface area contributed by atoms with E-state index in [0.717, 1.165) is 12.8 Å². The van der Waals surface area contributed by atoms with Crippen LogP contribution in [0.1, 0.15) is 23.2 Å². The van der Waals surface area contributed by atoms with Crippen LogP contribution < -0.4 is 10.3 Å². The van der Waals surface area contributed by atoms with Gasteiger partial charge in [-0.15, -0.1) is 0 Å². The van der Waals surface area contributed by atoms with E-state index in [-0.39, 0.29) is 17.6 Å². The van der Waals surface area contributed by atoms with Crippen molar-refractivity contribution in [1.29, 1.82) is 0 Å². The molecular weight excluding hydrogens is 284 g/mol. The van der Waals surface area contributed by atoms with Crippen LogP contribution >= 0.6 is 0 Å². The summed E-state index contributed by atoms with van der Waals surface area (Å²) >= 11 is 0. The van der Waals surface area contributed by atoms with Crippen molar-refractivity contribution in [3.05, 3.63) is 52.8 Å². The van der Waals surface area contributed by atoms with Crippen molar-refractivity contribution < 1.29 is 9.53 Å². The van der Waals surface area contributed by atoms with E-state index in [2.05, 4.69) is 15.0 Å². The van der Waals surface area contributed by atoms with E-state index in [1.54, 1.807) is 17.2 Å². The van der Waals surface area contributed by atoms with Crippen LogP contribution in [0.5, 0.6) is 5.88 Å². The average Bonchev–Trinajstić information content (AvgIpc) is 2.56. The lowest BCUT2D eigenvalue weighted by Gasteiger charge is -2.32. The number of piperidine rings is 1. The first-order valence-corrected chi connectivity index (χ1v) is 7.13. The second kappa shape index (κ2) is 6.38. The number of hydrogen-bond acceptors (Lipinski definition) is 5. The molecule has 0 bridgehead atoms. The Labute approximate surface area is 127 Å². The molecule has 0 spiro atoms. The molecule has 0 aromatic carbocycles. The van der Waals surface area contributed by atoms with Crippen molar-refractivity contribution in [3.8, 4) is 5.88 Å². The Morgan fingerprint density at radius 3 is 3.00 bits per heavy atom. The second-order valence-electron chi connectivity index (χ2n) is 5.12. The van der Waals surface area contributed by atoms with Gasteiger partial charge in [-0.2, -0.15) is 0 Å². The predicted molar refractivity (Wildman–Crippen MR) is 78.6 cm³/mol. The number of rotatable bonds is 3. The highest BCUT2D eigenvalue weighted by molar-refractivity contribution is 5.93. The Balaban J connectivity index is 1.66. The molecule has 3 rings (SSSR count). The fourth-order valence-electron chi connectivity index (χ4n) is 2.46. The summed E-state index contributed by atoms with van der Waals surface area (Å²) in [6, 6.07) is 4.59. The van der Waals surface area contributed by atoms with Gasteiger partial charge in [0.15, 0.2) is 0 Å². The van der Waals surface area contributed by atoms with Gasteiger partial charge in [-0.05, 0) is 18.9 Å². The molecule has 1 atom stereocenters. The van der Waals surface area contributed by atoms with Crippen LogP contribution in [0.3, 0.4) is 0 Å². The number of carbonyl (C=O) groups is 1. The summed E-state index contributed by atoms with van der Waals surface area (Å²) in [5.74, 6) is 0.408. The molecular formula is C15H16N4O3. The highest BCUT2D eigenvalue weighted by Crippen LogP contribution is 2.17. The summed E-state index contributed by atoms with van der Waals surface area (Å²) in [6.45, 7) is 1.18. The summed E-state index contributed by atoms with van der Waals surface area (Å²) in [5, 5.41) is 0. The van der Waals surface area contributed by atoms with Gasteiger partial charge in [-0.1, -0.05) is 0 Å². The predicted octanol–water partition coefficient (Wildman–Crippen LogP) is 0.849. The molecule has 1 aliphatic rings. The smallest absolute Gasteiger partial charge is 0.255 e. The molecule has 1 N–H and O–H groups in total. The van der Waals surface area contributed by atoms with Crippen LogP contribution in [0, 0.1) is 0 Å². The Hall–Kier alpha value is -2.70. The molecule has 1 fully saturated rings. The van der Waals surface area contributed by atoms with Gasteiger partial charge in [0.25, 0.3) is 5.91 Å². The molecule has 0 radical (unpaired) electrons. The third-order valence-electron chi connectivity index (χ3n) is 3.54. The lowest BCUT2D eigenvalue weighted by Crippen LogP contribution is -2.44. The number of amides is 1. The monoisotopic (exact) mass is 300 g/mol. The number of nitrogens with one attached hydrogen (secondary N) is 1. The first kappa shape index (κ1) is 14.2. The number of carbonyl (C=O) groups excluding carboxylic acids is 1. The number of hydrogen-bond donors (Lipinski definition) is 1. The van der Waals surface area contributed by atoms with Gasteiger partial charge < -0.3 is 14.6 Å². The molecule has 3 heterocycles. The minimum atomic E-state index is -0.222. The first-order chi connectivity index (χ1) is 10.7. The van der Waals surface area contributed by atoms with E-state index >= 15 is 0 Å². The van der Waals surface area contributed by atoms with E-state index in [4.69, 9.17) is 4.74 Å². The summed E-state index contributed by atoms with van der Waals surface area (Å²) in [4.78, 5) is 35.6. The number of aromatic nitrogens is 3. The number of nitrogens with zero attached hydrogens (tertiary/aromatic N) is 3. The zero-order valence-corrected chi connectivity index (χ0v) is 11.9. The highest BCUT2D eigenvalue weighted by atomic mass is 16.5. The summed E-state index contributed by atoms with van der Waals surface area (Å²) in [6.07, 6.45) is 6.15. The molecule has 1 aliphatic heterocycles. The van der Waals surface area contributed by atoms with Crippen LogP contribution in [-0.4, -0.2) is 45.0 Å². The molecule has 1 amide bonds. The van der Waals surface area contributed by atoms with Gasteiger partial charge in [0.2, 0.25) is 11.4 Å². The Morgan fingerprint density at radius 2 is 2.27 bits per heavy atom. The summed E-state index contributed by atoms with van der Waals surface area (Å²) < 4.78 is 5.79. The van der Waals surface area contributed by atoms with Gasteiger partial charge >= 0.3 is 0 Å². The standard InChI is InChI=1S/C15H16N4O3/c20-13-4-3-11(8-17-13)15(21)19-7-1-2-12(9-19)22-14-5-6-16-10-18-14/h3-6,8,10,12H,1-2,7,9H2,(H,17,20). The second-order valence-corrected chi connectivity index (χ2v) is 5.12. The normalized spacial score (nSPS) is 18.0. The summed E-state index contributed by atoms with van der Waals surface area (Å²) in [7, 11) is 0. The third kappa shape index (κ3) is 3.30. The zero-order chi connectivity index (χ0) is 15.4. The third-order valence-corrected chi connectivity index (χ3v) is 3.54. The lowest BCUT2D eigenvalue weighted by molar-refractivity contribution is 0.0527. The lowest BCUT2D eigenvalue weighted by atomic mass is 10.1. The first-order valence-electron chi connectivity index (χ1n) is 7.13. The molecule has 22 heavy (non-hydrogen) atoms. The maximum absolute atomic E-state index is 12.4. The topological polar surface area (TPSA) is 88.2 Å². The van der Waals surface area contributed by atoms with E-state index in [1.165, 1.54) is 24.7 Å². The number of ether oxygens (including phenoxy) is 1. The molecule has 7 heteroatoms. The number of pyridine rings is 1. The van der Waals surface area contributed by atoms with Gasteiger partial charge in [-0.25, -0.2) is 9.97 Å². The number of H-pyrrole nitrogens is 1. The Bertz CT molecular complexity index is 681. The largest absolute Gasteiger partial charge is 0.472 e. The van der Waals surface area contributed by atoms with Crippen LogP contribution in [-0.2, 0) is 0 Å². The zero-order valence-electron chi connectivity index (χ0n) is 11.9. The quantitative estimate of drug-likeness (QED) is 0.908. The van der Waals surface area contributed by atoms with E-state index in [1.807, 2.05) is 0 Å². The Kier molecular flexibility index (Phi) is 4.13. The number of aromatic amines is 1. The SMILES string of the molecule is O=C(c1ccc(=O)[nH]c1)N1CCCC(Oc2ccncn2)C1. The molecule has 0 aliphatic carbocycles. The fraction of sp³-hybridized carbons (Fsp3) is 0.333. The van der Waals surface area contributed by atoms with Crippen molar-refractivity contribution in [2.45, 2.75) is 18.9 Å². The van der Waals surface area contributed by atoms with Crippen molar-refractivity contribution in [2.24, 2.45) is 0 Å². The molecule has 1 unspecified atom stereocenters. The van der Waals surface area contributed by atoms with E-state index in [0.29, 0.717) is 24.5 Å². The van der Waals surface area contributed by atoms with E-state index < -0.39 is 0 Å². The molecule has 2 aromatic heterocycles. The van der Waals surface area contributed by atoms with Crippen LogP contribution in [0.2, 0.25) is 0 Å². The molecule has 7 nitrogen and oxygen atoms in total. The molecule has 1 saturated heterocycles.